The first-order valence-corrected chi connectivity index (χ1v) is 12.1. The van der Waals surface area contributed by atoms with Crippen LogP contribution >= 0.6 is 32.1 Å². The third kappa shape index (κ3) is 5.43. The molecule has 0 N–H and O–H groups in total. The van der Waals surface area contributed by atoms with Gasteiger partial charge in [0.25, 0.3) is 0 Å². The highest BCUT2D eigenvalue weighted by molar-refractivity contribution is 7.22. The first kappa shape index (κ1) is 24.5. The summed E-state index contributed by atoms with van der Waals surface area (Å²) in [5, 5.41) is 6.85. The van der Waals surface area contributed by atoms with Crippen molar-refractivity contribution >= 4 is 49.3 Å². The molecule has 4 nitrogen and oxygen atoms in total. The fourth-order valence-electron chi connectivity index (χ4n) is 3.81. The molecule has 0 atom stereocenters. The van der Waals surface area contributed by atoms with Gasteiger partial charge in [-0.15, -0.1) is 8.86 Å². The van der Waals surface area contributed by atoms with E-state index in [9.17, 15) is 0 Å². The Labute approximate surface area is 203 Å². The van der Waals surface area contributed by atoms with Crippen LogP contribution < -0.4 is 0 Å². The maximum atomic E-state index is 6.40. The molecule has 2 heterocycles. The third-order valence-electron chi connectivity index (χ3n) is 5.22. The Morgan fingerprint density at radius 1 is 1.19 bits per heavy atom. The lowest BCUT2D eigenvalue weighted by molar-refractivity contribution is 0.458. The second-order valence-electron chi connectivity index (χ2n) is 7.55. The van der Waals surface area contributed by atoms with Crippen molar-refractivity contribution in [3.8, 4) is 0 Å². The maximum Gasteiger partial charge on any atom is 0.103 e. The highest BCUT2D eigenvalue weighted by atomic mass is 35.5. The number of rotatable bonds is 9. The average Bonchev–Trinajstić information content (AvgIpc) is 3.21. The van der Waals surface area contributed by atoms with Gasteiger partial charge in [0.1, 0.15) is 5.69 Å². The van der Waals surface area contributed by atoms with E-state index < -0.39 is 0 Å². The van der Waals surface area contributed by atoms with E-state index >= 15 is 0 Å². The van der Waals surface area contributed by atoms with Crippen LogP contribution in [0.15, 0.2) is 65.0 Å². The zero-order valence-corrected chi connectivity index (χ0v) is 21.3. The Bertz CT molecular complexity index is 1110. The molecule has 32 heavy (non-hydrogen) atoms. The van der Waals surface area contributed by atoms with Crippen LogP contribution in [-0.4, -0.2) is 39.3 Å². The molecule has 0 spiro atoms. The summed E-state index contributed by atoms with van der Waals surface area (Å²) in [6, 6.07) is 7.76. The van der Waals surface area contributed by atoms with Crippen LogP contribution in [0.4, 0.5) is 0 Å². The number of aromatic nitrogens is 2. The molecule has 1 aromatic heterocycles. The molecule has 3 rings (SSSR count). The topological polar surface area (TPSA) is 33.4 Å². The summed E-state index contributed by atoms with van der Waals surface area (Å²) in [6.45, 7) is 12.9. The van der Waals surface area contributed by atoms with Crippen LogP contribution in [0.5, 0.6) is 0 Å². The van der Waals surface area contributed by atoms with Gasteiger partial charge in [-0.3, -0.25) is 9.67 Å². The first-order valence-electron chi connectivity index (χ1n) is 10.9. The van der Waals surface area contributed by atoms with E-state index in [2.05, 4.69) is 50.4 Å². The Morgan fingerprint density at radius 3 is 2.62 bits per heavy atom. The van der Waals surface area contributed by atoms with E-state index in [0.717, 1.165) is 65.0 Å². The number of halogens is 2. The van der Waals surface area contributed by atoms with E-state index in [-0.39, 0.29) is 0 Å². The lowest BCUT2D eigenvalue weighted by atomic mass is 9.90. The van der Waals surface area contributed by atoms with Crippen LogP contribution in [-0.2, 0) is 6.54 Å². The predicted octanol–water partition coefficient (Wildman–Crippen LogP) is 6.93. The second kappa shape index (κ2) is 11.1. The van der Waals surface area contributed by atoms with Crippen molar-refractivity contribution in [3.63, 3.8) is 0 Å². The average molecular weight is 487 g/mol. The lowest BCUT2D eigenvalue weighted by Gasteiger charge is -2.36. The van der Waals surface area contributed by atoms with Gasteiger partial charge in [0, 0.05) is 42.3 Å². The molecule has 7 heteroatoms. The van der Waals surface area contributed by atoms with Gasteiger partial charge in [-0.1, -0.05) is 49.2 Å². The minimum absolute atomic E-state index is 0.534. The zero-order valence-electron chi connectivity index (χ0n) is 18.8. The van der Waals surface area contributed by atoms with Crippen molar-refractivity contribution < 1.29 is 0 Å². The molecular formula is C25H29Cl2N4P. The van der Waals surface area contributed by atoms with Crippen molar-refractivity contribution in [2.45, 2.75) is 40.2 Å². The zero-order chi connectivity index (χ0) is 23.3. The fourth-order valence-corrected chi connectivity index (χ4v) is 4.64. The maximum absolute atomic E-state index is 6.40. The number of hydrogen-bond donors (Lipinski definition) is 0. The molecule has 0 aliphatic carbocycles. The van der Waals surface area contributed by atoms with Crippen LogP contribution in [0, 0.1) is 0 Å². The monoisotopic (exact) mass is 486 g/mol. The summed E-state index contributed by atoms with van der Waals surface area (Å²) in [6.07, 6.45) is 7.89. The van der Waals surface area contributed by atoms with Gasteiger partial charge in [-0.25, -0.2) is 0 Å². The first-order chi connectivity index (χ1) is 15.4. The van der Waals surface area contributed by atoms with Gasteiger partial charge in [-0.05, 0) is 55.4 Å². The molecule has 0 fully saturated rings. The Morgan fingerprint density at radius 2 is 1.97 bits per heavy atom. The normalized spacial score (nSPS) is 14.5. The van der Waals surface area contributed by atoms with E-state index in [1.807, 2.05) is 42.1 Å². The van der Waals surface area contributed by atoms with Gasteiger partial charge in [0.2, 0.25) is 0 Å². The van der Waals surface area contributed by atoms with Gasteiger partial charge >= 0.3 is 0 Å². The standard InChI is InChI=1S/C25H29Cl2N4P/c1-5-8-23(32)24-17(4)13-20(16-30-12-11-19(29-30)15-28-6-2)31(7-3)25(24)18-9-10-21(26)22(27)14-18/h9-15,32H,4-8,16H2,1-3H3/b28-15+. The summed E-state index contributed by atoms with van der Waals surface area (Å²) < 4.78 is 1.93. The molecule has 1 aliphatic rings. The summed E-state index contributed by atoms with van der Waals surface area (Å²) in [7, 11) is 3.89. The van der Waals surface area contributed by atoms with Crippen molar-refractivity contribution in [1.29, 1.82) is 0 Å². The molecule has 0 saturated carbocycles. The number of hydrogen-bond acceptors (Lipinski definition) is 3. The van der Waals surface area contributed by atoms with Crippen molar-refractivity contribution in [2.24, 2.45) is 4.99 Å². The number of allylic oxidation sites excluding steroid dienone is 4. The minimum atomic E-state index is 0.534. The number of benzene rings is 1. The Kier molecular flexibility index (Phi) is 8.53. The molecular weight excluding hydrogens is 458 g/mol. The number of aliphatic imine (C=N–C) groups is 1. The highest BCUT2D eigenvalue weighted by Gasteiger charge is 2.27. The van der Waals surface area contributed by atoms with E-state index in [1.165, 1.54) is 0 Å². The molecule has 0 amide bonds. The van der Waals surface area contributed by atoms with Crippen LogP contribution in [0.2, 0.25) is 10.0 Å². The van der Waals surface area contributed by atoms with E-state index in [4.69, 9.17) is 23.2 Å². The molecule has 1 aromatic carbocycles. The van der Waals surface area contributed by atoms with Crippen molar-refractivity contribution in [1.82, 2.24) is 14.7 Å². The molecule has 1 aliphatic heterocycles. The fraction of sp³-hybridized carbons (Fsp3) is 0.320. The molecule has 0 unspecified atom stereocenters. The Balaban J connectivity index is 2.06. The third-order valence-corrected chi connectivity index (χ3v) is 6.46. The smallest absolute Gasteiger partial charge is 0.103 e. The largest absolute Gasteiger partial charge is 0.343 e. The number of likely N-dealkylation sites (N-methyl/N-ethyl adjacent to an activating group) is 1. The molecule has 2 aromatic rings. The van der Waals surface area contributed by atoms with Crippen molar-refractivity contribution in [2.75, 3.05) is 13.1 Å². The predicted molar refractivity (Wildman–Crippen MR) is 142 cm³/mol. The van der Waals surface area contributed by atoms with Gasteiger partial charge < -0.3 is 4.90 Å². The SMILES string of the molecule is C=C1C=C(Cn2ccc(/C=N/CC)n2)N(CC)C(c2ccc(Cl)c(Cl)c2)=C1C(=P)CCC. The van der Waals surface area contributed by atoms with Crippen LogP contribution in [0.25, 0.3) is 5.70 Å². The highest BCUT2D eigenvalue weighted by Crippen LogP contribution is 2.39. The van der Waals surface area contributed by atoms with E-state index in [0.29, 0.717) is 16.6 Å². The second-order valence-corrected chi connectivity index (χ2v) is 8.97. The van der Waals surface area contributed by atoms with Crippen LogP contribution in [0.1, 0.15) is 44.9 Å². The van der Waals surface area contributed by atoms with Crippen LogP contribution in [0.3, 0.4) is 0 Å². The molecule has 168 valence electrons. The van der Waals surface area contributed by atoms with Crippen molar-refractivity contribution in [3.05, 3.63) is 81.3 Å². The number of nitrogens with zero attached hydrogens (tertiary/aromatic N) is 4. The summed E-state index contributed by atoms with van der Waals surface area (Å²) in [4.78, 5) is 6.59. The summed E-state index contributed by atoms with van der Waals surface area (Å²) >= 11 is 12.6. The van der Waals surface area contributed by atoms with E-state index in [1.54, 1.807) is 6.21 Å². The summed E-state index contributed by atoms with van der Waals surface area (Å²) in [5.74, 6) is 0. The van der Waals surface area contributed by atoms with Gasteiger partial charge in [0.05, 0.1) is 22.3 Å². The van der Waals surface area contributed by atoms with Gasteiger partial charge in [0.15, 0.2) is 0 Å². The Hall–Kier alpha value is -2.13. The molecule has 0 saturated heterocycles. The summed E-state index contributed by atoms with van der Waals surface area (Å²) in [5.41, 5.74) is 6.11. The van der Waals surface area contributed by atoms with Gasteiger partial charge in [-0.2, -0.15) is 5.10 Å². The quantitative estimate of drug-likeness (QED) is 0.284. The molecule has 0 bridgehead atoms. The molecule has 0 radical (unpaired) electrons. The lowest BCUT2D eigenvalue weighted by Crippen LogP contribution is -2.30. The minimum Gasteiger partial charge on any atom is -0.343 e.